The fourth-order valence-corrected chi connectivity index (χ4v) is 1.40. The molecule has 0 fully saturated rings. The van der Waals surface area contributed by atoms with Gasteiger partial charge < -0.3 is 15.3 Å². The van der Waals surface area contributed by atoms with Gasteiger partial charge >= 0.3 is 5.97 Å². The number of hydrogen-bond donors (Lipinski definition) is 2. The molecule has 1 heterocycles. The van der Waals surface area contributed by atoms with E-state index in [4.69, 9.17) is 5.11 Å². The highest BCUT2D eigenvalue weighted by atomic mass is 16.4. The van der Waals surface area contributed by atoms with E-state index in [-0.39, 0.29) is 17.3 Å². The molecule has 102 valence electrons. The minimum atomic E-state index is -1.22. The van der Waals surface area contributed by atoms with Gasteiger partial charge in [0.2, 0.25) is 5.91 Å². The fourth-order valence-electron chi connectivity index (χ4n) is 1.40. The Morgan fingerprint density at radius 1 is 1.26 bits per heavy atom. The van der Waals surface area contributed by atoms with Gasteiger partial charge in [-0.25, -0.2) is 9.78 Å². The molecule has 1 unspecified atom stereocenters. The van der Waals surface area contributed by atoms with Crippen LogP contribution in [-0.4, -0.2) is 52.9 Å². The standard InChI is InChI=1S/C12H15N3O4/c1-7(11(17)15(2)3)13-10(16)8-5-4-6-9(14-8)12(18)19/h4-7H,1-3H3,(H,13,16)(H,18,19). The minimum Gasteiger partial charge on any atom is -0.477 e. The van der Waals surface area contributed by atoms with E-state index in [0.717, 1.165) is 0 Å². The molecule has 0 spiro atoms. The first-order valence-electron chi connectivity index (χ1n) is 5.55. The van der Waals surface area contributed by atoms with Crippen LogP contribution in [0.5, 0.6) is 0 Å². The lowest BCUT2D eigenvalue weighted by molar-refractivity contribution is -0.130. The third-order valence-electron chi connectivity index (χ3n) is 2.36. The number of aromatic nitrogens is 1. The Kier molecular flexibility index (Phi) is 4.57. The number of amides is 2. The van der Waals surface area contributed by atoms with Gasteiger partial charge in [0.15, 0.2) is 0 Å². The van der Waals surface area contributed by atoms with Crippen molar-refractivity contribution in [3.8, 4) is 0 Å². The summed E-state index contributed by atoms with van der Waals surface area (Å²) in [5.74, 6) is -2.07. The summed E-state index contributed by atoms with van der Waals surface area (Å²) in [5.41, 5.74) is -0.266. The van der Waals surface area contributed by atoms with Gasteiger partial charge in [-0.2, -0.15) is 0 Å². The van der Waals surface area contributed by atoms with Crippen molar-refractivity contribution in [2.45, 2.75) is 13.0 Å². The first-order valence-corrected chi connectivity index (χ1v) is 5.55. The van der Waals surface area contributed by atoms with Gasteiger partial charge in [0.25, 0.3) is 5.91 Å². The molecule has 2 amide bonds. The topological polar surface area (TPSA) is 99.6 Å². The Bertz CT molecular complexity index is 513. The predicted octanol–water partition coefficient (Wildman–Crippen LogP) is -0.0137. The molecule has 7 nitrogen and oxygen atoms in total. The number of carbonyl (C=O) groups is 3. The van der Waals surface area contributed by atoms with Crippen LogP contribution < -0.4 is 5.32 Å². The summed E-state index contributed by atoms with van der Waals surface area (Å²) < 4.78 is 0. The highest BCUT2D eigenvalue weighted by molar-refractivity contribution is 5.97. The Morgan fingerprint density at radius 2 is 1.84 bits per heavy atom. The van der Waals surface area contributed by atoms with Crippen molar-refractivity contribution in [2.24, 2.45) is 0 Å². The normalized spacial score (nSPS) is 11.5. The summed E-state index contributed by atoms with van der Waals surface area (Å²) in [6.45, 7) is 1.54. The first kappa shape index (κ1) is 14.6. The SMILES string of the molecule is CC(NC(=O)c1cccc(C(=O)O)n1)C(=O)N(C)C. The molecular weight excluding hydrogens is 250 g/mol. The van der Waals surface area contributed by atoms with Crippen molar-refractivity contribution in [3.05, 3.63) is 29.6 Å². The summed E-state index contributed by atoms with van der Waals surface area (Å²) in [6.07, 6.45) is 0. The maximum absolute atomic E-state index is 11.8. The Hall–Kier alpha value is -2.44. The molecule has 1 atom stereocenters. The highest BCUT2D eigenvalue weighted by Crippen LogP contribution is 2.01. The number of aromatic carboxylic acids is 1. The van der Waals surface area contributed by atoms with Gasteiger partial charge in [-0.1, -0.05) is 6.07 Å². The smallest absolute Gasteiger partial charge is 0.354 e. The van der Waals surface area contributed by atoms with E-state index < -0.39 is 17.9 Å². The van der Waals surface area contributed by atoms with Crippen LogP contribution in [-0.2, 0) is 4.79 Å². The van der Waals surface area contributed by atoms with E-state index in [1.165, 1.54) is 23.1 Å². The Labute approximate surface area is 110 Å². The average molecular weight is 265 g/mol. The summed E-state index contributed by atoms with van der Waals surface area (Å²) in [7, 11) is 3.16. The molecule has 0 aromatic carbocycles. The average Bonchev–Trinajstić information content (AvgIpc) is 2.37. The lowest BCUT2D eigenvalue weighted by Crippen LogP contribution is -2.44. The molecule has 0 radical (unpaired) electrons. The Morgan fingerprint density at radius 3 is 2.37 bits per heavy atom. The summed E-state index contributed by atoms with van der Waals surface area (Å²) in [6, 6.07) is 3.38. The molecule has 0 saturated carbocycles. The van der Waals surface area contributed by atoms with Gasteiger partial charge in [0.05, 0.1) is 0 Å². The number of nitrogens with one attached hydrogen (secondary N) is 1. The van der Waals surface area contributed by atoms with Crippen LogP contribution in [0.2, 0.25) is 0 Å². The van der Waals surface area contributed by atoms with Crippen molar-refractivity contribution in [1.82, 2.24) is 15.2 Å². The monoisotopic (exact) mass is 265 g/mol. The Balaban J connectivity index is 2.81. The first-order chi connectivity index (χ1) is 8.82. The number of pyridine rings is 1. The molecule has 0 aliphatic heterocycles. The zero-order valence-corrected chi connectivity index (χ0v) is 10.9. The third-order valence-corrected chi connectivity index (χ3v) is 2.36. The lowest BCUT2D eigenvalue weighted by atomic mass is 10.2. The quantitative estimate of drug-likeness (QED) is 0.797. The molecular formula is C12H15N3O4. The second-order valence-electron chi connectivity index (χ2n) is 4.14. The summed E-state index contributed by atoms with van der Waals surface area (Å²) in [5, 5.41) is 11.2. The molecule has 1 rings (SSSR count). The third kappa shape index (κ3) is 3.77. The van der Waals surface area contributed by atoms with Crippen molar-refractivity contribution in [1.29, 1.82) is 0 Å². The lowest BCUT2D eigenvalue weighted by Gasteiger charge is -2.17. The van der Waals surface area contributed by atoms with Gasteiger partial charge in [0, 0.05) is 14.1 Å². The zero-order chi connectivity index (χ0) is 14.6. The van der Waals surface area contributed by atoms with Crippen molar-refractivity contribution in [2.75, 3.05) is 14.1 Å². The second kappa shape index (κ2) is 5.94. The maximum Gasteiger partial charge on any atom is 0.354 e. The highest BCUT2D eigenvalue weighted by Gasteiger charge is 2.19. The van der Waals surface area contributed by atoms with Gasteiger partial charge in [-0.3, -0.25) is 9.59 Å². The van der Waals surface area contributed by atoms with Crippen molar-refractivity contribution >= 4 is 17.8 Å². The van der Waals surface area contributed by atoms with Crippen LogP contribution >= 0.6 is 0 Å². The van der Waals surface area contributed by atoms with Crippen LogP contribution in [0.4, 0.5) is 0 Å². The van der Waals surface area contributed by atoms with Crippen LogP contribution in [0, 0.1) is 0 Å². The predicted molar refractivity (Wildman–Crippen MR) is 66.8 cm³/mol. The van der Waals surface area contributed by atoms with Crippen molar-refractivity contribution in [3.63, 3.8) is 0 Å². The molecule has 1 aromatic rings. The van der Waals surface area contributed by atoms with Crippen LogP contribution in [0.25, 0.3) is 0 Å². The van der Waals surface area contributed by atoms with E-state index in [2.05, 4.69) is 10.3 Å². The van der Waals surface area contributed by atoms with Crippen LogP contribution in [0.15, 0.2) is 18.2 Å². The zero-order valence-electron chi connectivity index (χ0n) is 10.9. The largest absolute Gasteiger partial charge is 0.477 e. The number of carboxylic acid groups (broad SMARTS) is 1. The molecule has 0 aliphatic rings. The van der Waals surface area contributed by atoms with E-state index in [9.17, 15) is 14.4 Å². The number of carboxylic acids is 1. The number of carbonyl (C=O) groups excluding carboxylic acids is 2. The van der Waals surface area contributed by atoms with Crippen LogP contribution in [0.3, 0.4) is 0 Å². The molecule has 1 aromatic heterocycles. The van der Waals surface area contributed by atoms with Gasteiger partial charge in [-0.15, -0.1) is 0 Å². The van der Waals surface area contributed by atoms with Gasteiger partial charge in [0.1, 0.15) is 17.4 Å². The second-order valence-corrected chi connectivity index (χ2v) is 4.14. The summed E-state index contributed by atoms with van der Waals surface area (Å²) in [4.78, 5) is 39.2. The van der Waals surface area contributed by atoms with Gasteiger partial charge in [-0.05, 0) is 19.1 Å². The number of rotatable bonds is 4. The molecule has 7 heteroatoms. The molecule has 0 saturated heterocycles. The molecule has 2 N–H and O–H groups in total. The van der Waals surface area contributed by atoms with E-state index in [0.29, 0.717) is 0 Å². The van der Waals surface area contributed by atoms with E-state index >= 15 is 0 Å². The maximum atomic E-state index is 11.8. The minimum absolute atomic E-state index is 0.0432. The fraction of sp³-hybridized carbons (Fsp3) is 0.333. The number of nitrogens with zero attached hydrogens (tertiary/aromatic N) is 2. The summed E-state index contributed by atoms with van der Waals surface area (Å²) >= 11 is 0. The molecule has 0 aliphatic carbocycles. The molecule has 19 heavy (non-hydrogen) atoms. The van der Waals surface area contributed by atoms with E-state index in [1.807, 2.05) is 0 Å². The molecule has 0 bridgehead atoms. The van der Waals surface area contributed by atoms with E-state index in [1.54, 1.807) is 21.0 Å². The van der Waals surface area contributed by atoms with Crippen molar-refractivity contribution < 1.29 is 19.5 Å². The number of hydrogen-bond acceptors (Lipinski definition) is 4. The van der Waals surface area contributed by atoms with Crippen LogP contribution in [0.1, 0.15) is 27.9 Å². The number of likely N-dealkylation sites (N-methyl/N-ethyl adjacent to an activating group) is 1.